The van der Waals surface area contributed by atoms with Gasteiger partial charge in [0.25, 0.3) is 5.69 Å². The topological polar surface area (TPSA) is 81.5 Å². The Hall–Kier alpha value is -3.15. The normalized spacial score (nSPS) is 12.1. The Morgan fingerprint density at radius 1 is 1.22 bits per heavy atom. The highest BCUT2D eigenvalue weighted by Gasteiger charge is 2.15. The highest BCUT2D eigenvalue weighted by atomic mass is 16.6. The highest BCUT2D eigenvalue weighted by Crippen LogP contribution is 2.23. The van der Waals surface area contributed by atoms with Gasteiger partial charge in [-0.05, 0) is 41.7 Å². The van der Waals surface area contributed by atoms with E-state index >= 15 is 0 Å². The number of hydrogen-bond acceptors (Lipinski definition) is 4. The third-order valence-corrected chi connectivity index (χ3v) is 4.05. The second-order valence-electron chi connectivity index (χ2n) is 6.65. The lowest BCUT2D eigenvalue weighted by Crippen LogP contribution is -2.27. The van der Waals surface area contributed by atoms with Crippen LogP contribution in [0.15, 0.2) is 54.6 Å². The Kier molecular flexibility index (Phi) is 7.11. The van der Waals surface area contributed by atoms with E-state index in [0.717, 1.165) is 17.7 Å². The lowest BCUT2D eigenvalue weighted by Gasteiger charge is -2.20. The van der Waals surface area contributed by atoms with Gasteiger partial charge in [-0.1, -0.05) is 38.1 Å². The molecule has 0 aliphatic heterocycles. The van der Waals surface area contributed by atoms with Crippen LogP contribution >= 0.6 is 0 Å². The number of carbonyl (C=O) groups is 1. The Morgan fingerprint density at radius 2 is 1.93 bits per heavy atom. The van der Waals surface area contributed by atoms with Crippen molar-refractivity contribution in [2.75, 3.05) is 7.11 Å². The van der Waals surface area contributed by atoms with E-state index in [-0.39, 0.29) is 17.6 Å². The van der Waals surface area contributed by atoms with E-state index in [1.165, 1.54) is 18.2 Å². The summed E-state index contributed by atoms with van der Waals surface area (Å²) in [5, 5.41) is 13.8. The maximum absolute atomic E-state index is 12.4. The van der Waals surface area contributed by atoms with Crippen molar-refractivity contribution in [3.63, 3.8) is 0 Å². The second-order valence-corrected chi connectivity index (χ2v) is 6.65. The number of rotatable bonds is 8. The van der Waals surface area contributed by atoms with E-state index in [1.54, 1.807) is 25.3 Å². The lowest BCUT2D eigenvalue weighted by atomic mass is 9.97. The summed E-state index contributed by atoms with van der Waals surface area (Å²) in [5.74, 6) is 0.917. The van der Waals surface area contributed by atoms with E-state index in [1.807, 2.05) is 24.3 Å². The highest BCUT2D eigenvalue weighted by molar-refractivity contribution is 5.92. The first kappa shape index (κ1) is 20.2. The van der Waals surface area contributed by atoms with Gasteiger partial charge in [-0.3, -0.25) is 14.9 Å². The first-order valence-electron chi connectivity index (χ1n) is 8.76. The molecule has 0 heterocycles. The molecule has 0 radical (unpaired) electrons. The molecule has 1 atom stereocenters. The zero-order chi connectivity index (χ0) is 19.8. The summed E-state index contributed by atoms with van der Waals surface area (Å²) in [6.07, 6.45) is 3.77. The summed E-state index contributed by atoms with van der Waals surface area (Å²) in [5.41, 5.74) is 1.60. The van der Waals surface area contributed by atoms with Crippen LogP contribution in [0.5, 0.6) is 5.75 Å². The first-order chi connectivity index (χ1) is 12.9. The Balaban J connectivity index is 2.10. The smallest absolute Gasteiger partial charge is 0.270 e. The molecule has 142 valence electrons. The van der Waals surface area contributed by atoms with Crippen LogP contribution < -0.4 is 10.1 Å². The molecule has 2 rings (SSSR count). The minimum atomic E-state index is -0.459. The minimum absolute atomic E-state index is 0.00604. The maximum atomic E-state index is 12.4. The molecule has 6 heteroatoms. The molecule has 0 fully saturated rings. The molecule has 0 spiro atoms. The molecule has 0 aliphatic rings. The van der Waals surface area contributed by atoms with Crippen molar-refractivity contribution < 1.29 is 14.5 Å². The summed E-state index contributed by atoms with van der Waals surface area (Å²) in [6.45, 7) is 4.20. The van der Waals surface area contributed by atoms with E-state index in [0.29, 0.717) is 11.5 Å². The van der Waals surface area contributed by atoms with Crippen molar-refractivity contribution in [2.24, 2.45) is 5.92 Å². The summed E-state index contributed by atoms with van der Waals surface area (Å²) < 4.78 is 5.18. The summed E-state index contributed by atoms with van der Waals surface area (Å²) in [4.78, 5) is 22.7. The fourth-order valence-corrected chi connectivity index (χ4v) is 2.72. The number of non-ortho nitro benzene ring substituents is 1. The lowest BCUT2D eigenvalue weighted by molar-refractivity contribution is -0.384. The molecule has 0 saturated carbocycles. The number of hydrogen-bond donors (Lipinski definition) is 1. The number of amides is 1. The molecule has 0 unspecified atom stereocenters. The molecule has 6 nitrogen and oxygen atoms in total. The van der Waals surface area contributed by atoms with Crippen LogP contribution in [0.25, 0.3) is 6.08 Å². The van der Waals surface area contributed by atoms with E-state index in [9.17, 15) is 14.9 Å². The Labute approximate surface area is 159 Å². The minimum Gasteiger partial charge on any atom is -0.497 e. The van der Waals surface area contributed by atoms with Crippen molar-refractivity contribution in [1.29, 1.82) is 0 Å². The number of carbonyl (C=O) groups excluding carboxylic acids is 1. The molecule has 0 aliphatic carbocycles. The predicted octanol–water partition coefficient (Wildman–Crippen LogP) is 4.52. The van der Waals surface area contributed by atoms with Crippen molar-refractivity contribution in [3.05, 3.63) is 75.8 Å². The van der Waals surface area contributed by atoms with Gasteiger partial charge in [-0.15, -0.1) is 0 Å². The average molecular weight is 368 g/mol. The van der Waals surface area contributed by atoms with Gasteiger partial charge in [0.1, 0.15) is 5.75 Å². The van der Waals surface area contributed by atoms with E-state index in [4.69, 9.17) is 4.74 Å². The van der Waals surface area contributed by atoms with Crippen LogP contribution in [0.2, 0.25) is 0 Å². The van der Waals surface area contributed by atoms with Gasteiger partial charge in [0.05, 0.1) is 18.1 Å². The van der Waals surface area contributed by atoms with E-state index in [2.05, 4.69) is 19.2 Å². The number of methoxy groups -OCH3 is 1. The zero-order valence-electron chi connectivity index (χ0n) is 15.7. The van der Waals surface area contributed by atoms with Gasteiger partial charge in [-0.25, -0.2) is 0 Å². The molecular formula is C21H24N2O4. The number of nitrogens with one attached hydrogen (secondary N) is 1. The number of benzene rings is 2. The van der Waals surface area contributed by atoms with Gasteiger partial charge in [0, 0.05) is 18.2 Å². The Morgan fingerprint density at radius 3 is 2.52 bits per heavy atom. The van der Waals surface area contributed by atoms with Crippen LogP contribution in [-0.4, -0.2) is 17.9 Å². The number of nitro benzene ring substituents is 1. The van der Waals surface area contributed by atoms with Crippen LogP contribution in [0.4, 0.5) is 5.69 Å². The molecule has 2 aromatic rings. The molecule has 2 aromatic carbocycles. The molecule has 0 bridgehead atoms. The third kappa shape index (κ3) is 6.26. The summed E-state index contributed by atoms with van der Waals surface area (Å²) >= 11 is 0. The predicted molar refractivity (Wildman–Crippen MR) is 105 cm³/mol. The monoisotopic (exact) mass is 368 g/mol. The van der Waals surface area contributed by atoms with E-state index < -0.39 is 4.92 Å². The number of nitrogens with zero attached hydrogens (tertiary/aromatic N) is 1. The fraction of sp³-hybridized carbons (Fsp3) is 0.286. The van der Waals surface area contributed by atoms with Gasteiger partial charge in [0.15, 0.2) is 0 Å². The van der Waals surface area contributed by atoms with Gasteiger partial charge in [-0.2, -0.15) is 0 Å². The second kappa shape index (κ2) is 9.52. The zero-order valence-corrected chi connectivity index (χ0v) is 15.7. The first-order valence-corrected chi connectivity index (χ1v) is 8.76. The largest absolute Gasteiger partial charge is 0.497 e. The van der Waals surface area contributed by atoms with Crippen LogP contribution in [-0.2, 0) is 4.79 Å². The molecular weight excluding hydrogens is 344 g/mol. The standard InChI is InChI=1S/C21H24N2O4/c1-15(2)13-20(17-8-10-19(27-3)11-9-17)22-21(24)12-7-16-5-4-6-18(14-16)23(25)26/h4-12,14-15,20H,13H2,1-3H3,(H,22,24)/b12-7+/t20-/m1/s1. The van der Waals surface area contributed by atoms with Gasteiger partial charge in [0.2, 0.25) is 5.91 Å². The SMILES string of the molecule is COc1ccc([C@@H](CC(C)C)NC(=O)/C=C/c2cccc([N+](=O)[O-])c2)cc1. The quantitative estimate of drug-likeness (QED) is 0.422. The third-order valence-electron chi connectivity index (χ3n) is 4.05. The Bertz CT molecular complexity index is 813. The van der Waals surface area contributed by atoms with Crippen LogP contribution in [0.1, 0.15) is 37.4 Å². The van der Waals surface area contributed by atoms with Crippen molar-refractivity contribution in [3.8, 4) is 5.75 Å². The molecule has 0 aromatic heterocycles. The van der Waals surface area contributed by atoms with Crippen molar-refractivity contribution >= 4 is 17.7 Å². The maximum Gasteiger partial charge on any atom is 0.270 e. The van der Waals surface area contributed by atoms with Crippen LogP contribution in [0, 0.1) is 16.0 Å². The van der Waals surface area contributed by atoms with Crippen molar-refractivity contribution in [2.45, 2.75) is 26.3 Å². The molecule has 0 saturated heterocycles. The number of ether oxygens (including phenoxy) is 1. The summed E-state index contributed by atoms with van der Waals surface area (Å²) in [6, 6.07) is 13.6. The molecule has 1 amide bonds. The van der Waals surface area contributed by atoms with Gasteiger partial charge < -0.3 is 10.1 Å². The van der Waals surface area contributed by atoms with Gasteiger partial charge >= 0.3 is 0 Å². The molecule has 1 N–H and O–H groups in total. The number of nitro groups is 1. The van der Waals surface area contributed by atoms with Crippen LogP contribution in [0.3, 0.4) is 0 Å². The van der Waals surface area contributed by atoms with Crippen molar-refractivity contribution in [1.82, 2.24) is 5.32 Å². The summed E-state index contributed by atoms with van der Waals surface area (Å²) in [7, 11) is 1.61. The fourth-order valence-electron chi connectivity index (χ4n) is 2.72. The molecule has 27 heavy (non-hydrogen) atoms. The average Bonchev–Trinajstić information content (AvgIpc) is 2.66.